The molecule has 1 atom stereocenters. The highest BCUT2D eigenvalue weighted by atomic mass is 16.6. The predicted octanol–water partition coefficient (Wildman–Crippen LogP) is 2.98. The maximum atomic E-state index is 12.3. The average molecular weight is 336 g/mol. The molecule has 1 heterocycles. The Hall–Kier alpha value is -1.95. The van der Waals surface area contributed by atoms with Crippen LogP contribution >= 0.6 is 0 Å². The number of carbonyl (C=O) groups is 1. The molecule has 134 valence electrons. The van der Waals surface area contributed by atoms with Crippen LogP contribution < -0.4 is 14.8 Å². The van der Waals surface area contributed by atoms with Crippen LogP contribution in [0.1, 0.15) is 39.3 Å². The van der Waals surface area contributed by atoms with Crippen molar-refractivity contribution in [3.63, 3.8) is 0 Å². The van der Waals surface area contributed by atoms with Gasteiger partial charge < -0.3 is 24.4 Å². The van der Waals surface area contributed by atoms with Gasteiger partial charge in [-0.3, -0.25) is 0 Å². The van der Waals surface area contributed by atoms with E-state index in [9.17, 15) is 4.79 Å². The molecule has 1 N–H and O–H groups in total. The average Bonchev–Trinajstić information content (AvgIpc) is 2.53. The highest BCUT2D eigenvalue weighted by Crippen LogP contribution is 2.35. The third kappa shape index (κ3) is 4.54. The molecule has 1 fully saturated rings. The van der Waals surface area contributed by atoms with Gasteiger partial charge in [0.05, 0.1) is 19.8 Å². The summed E-state index contributed by atoms with van der Waals surface area (Å²) in [6.07, 6.45) is -0.283. The first-order valence-electron chi connectivity index (χ1n) is 8.36. The van der Waals surface area contributed by atoms with Gasteiger partial charge in [0.1, 0.15) is 5.60 Å². The van der Waals surface area contributed by atoms with Crippen molar-refractivity contribution >= 4 is 6.09 Å². The maximum absolute atomic E-state index is 12.3. The molecule has 1 amide bonds. The smallest absolute Gasteiger partial charge is 0.410 e. The van der Waals surface area contributed by atoms with Crippen molar-refractivity contribution in [3.8, 4) is 11.5 Å². The van der Waals surface area contributed by atoms with Gasteiger partial charge in [-0.1, -0.05) is 12.1 Å². The van der Waals surface area contributed by atoms with E-state index in [4.69, 9.17) is 14.2 Å². The summed E-state index contributed by atoms with van der Waals surface area (Å²) in [4.78, 5) is 14.1. The molecule has 6 nitrogen and oxygen atoms in total. The molecule has 1 aliphatic rings. The fourth-order valence-electron chi connectivity index (χ4n) is 2.75. The summed E-state index contributed by atoms with van der Waals surface area (Å²) in [7, 11) is 1.63. The molecule has 0 spiro atoms. The summed E-state index contributed by atoms with van der Waals surface area (Å²) < 4.78 is 16.7. The van der Waals surface area contributed by atoms with Crippen molar-refractivity contribution in [2.75, 3.05) is 33.4 Å². The van der Waals surface area contributed by atoms with Crippen molar-refractivity contribution in [2.24, 2.45) is 0 Å². The van der Waals surface area contributed by atoms with Gasteiger partial charge in [-0.15, -0.1) is 0 Å². The largest absolute Gasteiger partial charge is 0.493 e. The minimum atomic E-state index is -0.496. The molecule has 2 rings (SSSR count). The SMILES string of the molecule is CCOc1cccc(C2CN(C(=O)OC(C)(C)C)CCN2)c1OC. The minimum Gasteiger partial charge on any atom is -0.493 e. The molecule has 1 saturated heterocycles. The zero-order valence-electron chi connectivity index (χ0n) is 15.2. The molecule has 0 radical (unpaired) electrons. The monoisotopic (exact) mass is 336 g/mol. The molecule has 1 unspecified atom stereocenters. The number of hydrogen-bond acceptors (Lipinski definition) is 5. The zero-order valence-corrected chi connectivity index (χ0v) is 15.2. The van der Waals surface area contributed by atoms with Crippen molar-refractivity contribution in [2.45, 2.75) is 39.3 Å². The number of hydrogen-bond donors (Lipinski definition) is 1. The predicted molar refractivity (Wildman–Crippen MR) is 92.7 cm³/mol. The normalized spacial score (nSPS) is 18.2. The van der Waals surface area contributed by atoms with Crippen LogP contribution in [0.5, 0.6) is 11.5 Å². The number of amides is 1. The van der Waals surface area contributed by atoms with Gasteiger partial charge in [0.15, 0.2) is 11.5 Å². The Kier molecular flexibility index (Phi) is 5.94. The molecule has 1 aromatic carbocycles. The van der Waals surface area contributed by atoms with E-state index in [2.05, 4.69) is 5.32 Å². The van der Waals surface area contributed by atoms with E-state index < -0.39 is 5.60 Å². The fourth-order valence-corrected chi connectivity index (χ4v) is 2.75. The first-order valence-corrected chi connectivity index (χ1v) is 8.36. The molecule has 0 bridgehead atoms. The third-order valence-electron chi connectivity index (χ3n) is 3.72. The summed E-state index contributed by atoms with van der Waals surface area (Å²) in [5.74, 6) is 1.43. The number of benzene rings is 1. The van der Waals surface area contributed by atoms with E-state index >= 15 is 0 Å². The Morgan fingerprint density at radius 3 is 2.75 bits per heavy atom. The Bertz CT molecular complexity index is 569. The van der Waals surface area contributed by atoms with Crippen LogP contribution in [0.3, 0.4) is 0 Å². The van der Waals surface area contributed by atoms with Crippen molar-refractivity contribution < 1.29 is 19.0 Å². The first kappa shape index (κ1) is 18.4. The number of piperazine rings is 1. The van der Waals surface area contributed by atoms with Gasteiger partial charge in [-0.25, -0.2) is 4.79 Å². The molecule has 6 heteroatoms. The third-order valence-corrected chi connectivity index (χ3v) is 3.72. The molecule has 0 aromatic heterocycles. The van der Waals surface area contributed by atoms with E-state index in [1.165, 1.54) is 0 Å². The van der Waals surface area contributed by atoms with E-state index in [0.29, 0.717) is 37.7 Å². The molecule has 1 aliphatic heterocycles. The Morgan fingerprint density at radius 1 is 1.38 bits per heavy atom. The minimum absolute atomic E-state index is 0.0263. The summed E-state index contributed by atoms with van der Waals surface area (Å²) in [5, 5.41) is 3.44. The summed E-state index contributed by atoms with van der Waals surface area (Å²) in [6.45, 7) is 9.99. The van der Waals surface area contributed by atoms with Crippen molar-refractivity contribution in [1.82, 2.24) is 10.2 Å². The summed E-state index contributed by atoms with van der Waals surface area (Å²) >= 11 is 0. The van der Waals surface area contributed by atoms with Crippen LogP contribution in [0.15, 0.2) is 18.2 Å². The lowest BCUT2D eigenvalue weighted by molar-refractivity contribution is 0.0194. The van der Waals surface area contributed by atoms with Crippen LogP contribution in [-0.2, 0) is 4.74 Å². The second kappa shape index (κ2) is 7.75. The Balaban J connectivity index is 2.18. The standard InChI is InChI=1S/C18H28N2O4/c1-6-23-15-9-7-8-13(16(15)22-5)14-12-20(11-10-19-14)17(21)24-18(2,3)4/h7-9,14,19H,6,10-12H2,1-5H3. The van der Waals surface area contributed by atoms with Crippen LogP contribution in [0.2, 0.25) is 0 Å². The van der Waals surface area contributed by atoms with Gasteiger partial charge in [-0.2, -0.15) is 0 Å². The molecular weight excluding hydrogens is 308 g/mol. The molecule has 1 aromatic rings. The maximum Gasteiger partial charge on any atom is 0.410 e. The number of ether oxygens (including phenoxy) is 3. The second-order valence-corrected chi connectivity index (χ2v) is 6.74. The van der Waals surface area contributed by atoms with Gasteiger partial charge in [-0.05, 0) is 33.8 Å². The van der Waals surface area contributed by atoms with Gasteiger partial charge >= 0.3 is 6.09 Å². The van der Waals surface area contributed by atoms with Gasteiger partial charge in [0.2, 0.25) is 0 Å². The fraction of sp³-hybridized carbons (Fsp3) is 0.611. The lowest BCUT2D eigenvalue weighted by Gasteiger charge is -2.35. The van der Waals surface area contributed by atoms with Crippen LogP contribution in [0.25, 0.3) is 0 Å². The van der Waals surface area contributed by atoms with Crippen LogP contribution in [0, 0.1) is 0 Å². The highest BCUT2D eigenvalue weighted by molar-refractivity contribution is 5.68. The quantitative estimate of drug-likeness (QED) is 0.916. The number of para-hydroxylation sites is 1. The van der Waals surface area contributed by atoms with Gasteiger partial charge in [0, 0.05) is 25.2 Å². The number of carbonyl (C=O) groups excluding carboxylic acids is 1. The molecule has 0 aliphatic carbocycles. The van der Waals surface area contributed by atoms with Gasteiger partial charge in [0.25, 0.3) is 0 Å². The van der Waals surface area contributed by atoms with Crippen LogP contribution in [0.4, 0.5) is 4.79 Å². The topological polar surface area (TPSA) is 60.0 Å². The lowest BCUT2D eigenvalue weighted by Crippen LogP contribution is -2.49. The number of nitrogens with one attached hydrogen (secondary N) is 1. The highest BCUT2D eigenvalue weighted by Gasteiger charge is 2.30. The second-order valence-electron chi connectivity index (χ2n) is 6.74. The summed E-state index contributed by atoms with van der Waals surface area (Å²) in [6, 6.07) is 5.80. The first-order chi connectivity index (χ1) is 11.4. The molecule has 24 heavy (non-hydrogen) atoms. The van der Waals surface area contributed by atoms with E-state index in [1.54, 1.807) is 12.0 Å². The Labute approximate surface area is 144 Å². The van der Waals surface area contributed by atoms with Crippen LogP contribution in [-0.4, -0.2) is 49.9 Å². The van der Waals surface area contributed by atoms with Crippen molar-refractivity contribution in [1.29, 1.82) is 0 Å². The van der Waals surface area contributed by atoms with E-state index in [0.717, 1.165) is 5.56 Å². The number of methoxy groups -OCH3 is 1. The Morgan fingerprint density at radius 2 is 2.12 bits per heavy atom. The molecular formula is C18H28N2O4. The van der Waals surface area contributed by atoms with E-state index in [-0.39, 0.29) is 12.1 Å². The molecule has 0 saturated carbocycles. The van der Waals surface area contributed by atoms with E-state index in [1.807, 2.05) is 45.9 Å². The summed E-state index contributed by atoms with van der Waals surface area (Å²) in [5.41, 5.74) is 0.487. The zero-order chi connectivity index (χ0) is 17.7. The van der Waals surface area contributed by atoms with Crippen molar-refractivity contribution in [3.05, 3.63) is 23.8 Å². The lowest BCUT2D eigenvalue weighted by atomic mass is 10.0. The number of rotatable bonds is 4. The number of nitrogens with zero attached hydrogens (tertiary/aromatic N) is 1.